The van der Waals surface area contributed by atoms with Gasteiger partial charge in [0.15, 0.2) is 0 Å². The van der Waals surface area contributed by atoms with Gasteiger partial charge in [-0.2, -0.15) is 0 Å². The Morgan fingerprint density at radius 2 is 0.974 bits per heavy atom. The van der Waals surface area contributed by atoms with Gasteiger partial charge in [-0.1, -0.05) is 113 Å². The van der Waals surface area contributed by atoms with Crippen molar-refractivity contribution in [1.29, 1.82) is 0 Å². The molecule has 1 spiro atoms. The van der Waals surface area contributed by atoms with Gasteiger partial charge in [0.2, 0.25) is 0 Å². The first-order valence-electron chi connectivity index (χ1n) is 13.3. The Bertz CT molecular complexity index is 2150. The zero-order chi connectivity index (χ0) is 25.7. The van der Waals surface area contributed by atoms with Crippen molar-refractivity contribution in [3.05, 3.63) is 154 Å². The molecule has 39 heavy (non-hydrogen) atoms. The van der Waals surface area contributed by atoms with Crippen LogP contribution in [0.5, 0.6) is 0 Å². The third kappa shape index (κ3) is 2.73. The fourth-order valence-electron chi connectivity index (χ4n) is 7.28. The summed E-state index contributed by atoms with van der Waals surface area (Å²) in [5.74, 6) is 0. The van der Waals surface area contributed by atoms with Crippen molar-refractivity contribution in [3.63, 3.8) is 0 Å². The SMILES string of the molecule is Brc1ccc2c(c1)C1(c3ccccc3-c3ccccc3-2)c2ccccc2-c2cc3c(cc21)sc1ccccc13. The van der Waals surface area contributed by atoms with E-state index in [-0.39, 0.29) is 0 Å². The zero-order valence-corrected chi connectivity index (χ0v) is 23.3. The second kappa shape index (κ2) is 7.79. The lowest BCUT2D eigenvalue weighted by Gasteiger charge is -2.35. The van der Waals surface area contributed by atoms with Gasteiger partial charge in [0.05, 0.1) is 5.41 Å². The highest BCUT2D eigenvalue weighted by molar-refractivity contribution is 9.10. The van der Waals surface area contributed by atoms with E-state index in [0.717, 1.165) is 4.47 Å². The van der Waals surface area contributed by atoms with Crippen LogP contribution in [0.1, 0.15) is 22.3 Å². The van der Waals surface area contributed by atoms with Crippen LogP contribution >= 0.6 is 27.3 Å². The molecule has 0 radical (unpaired) electrons. The molecule has 7 aromatic rings. The van der Waals surface area contributed by atoms with E-state index >= 15 is 0 Å². The van der Waals surface area contributed by atoms with E-state index in [1.54, 1.807) is 0 Å². The van der Waals surface area contributed by atoms with Gasteiger partial charge in [0, 0.05) is 24.6 Å². The molecule has 2 heteroatoms. The first kappa shape index (κ1) is 21.9. The topological polar surface area (TPSA) is 0 Å². The van der Waals surface area contributed by atoms with Crippen molar-refractivity contribution in [1.82, 2.24) is 0 Å². The molecule has 1 aromatic heterocycles. The molecule has 1 unspecified atom stereocenters. The van der Waals surface area contributed by atoms with E-state index in [1.807, 2.05) is 11.3 Å². The van der Waals surface area contributed by atoms with Crippen LogP contribution in [0.15, 0.2) is 132 Å². The Labute approximate surface area is 239 Å². The fraction of sp³-hybridized carbons (Fsp3) is 0.0270. The lowest BCUT2D eigenvalue weighted by molar-refractivity contribution is 0.776. The zero-order valence-electron chi connectivity index (χ0n) is 20.9. The van der Waals surface area contributed by atoms with Crippen LogP contribution in [0, 0.1) is 0 Å². The number of benzene rings is 6. The molecule has 0 saturated heterocycles. The van der Waals surface area contributed by atoms with Crippen LogP contribution in [0.25, 0.3) is 53.6 Å². The highest BCUT2D eigenvalue weighted by Crippen LogP contribution is 2.62. The second-order valence-electron chi connectivity index (χ2n) is 10.6. The van der Waals surface area contributed by atoms with Gasteiger partial charge in [0.25, 0.3) is 0 Å². The van der Waals surface area contributed by atoms with E-state index in [0.29, 0.717) is 0 Å². The molecule has 0 amide bonds. The molecule has 0 saturated carbocycles. The minimum absolute atomic E-state index is 0.439. The summed E-state index contributed by atoms with van der Waals surface area (Å²) in [5, 5.41) is 2.69. The Morgan fingerprint density at radius 1 is 0.410 bits per heavy atom. The average Bonchev–Trinajstić information content (AvgIpc) is 3.45. The van der Waals surface area contributed by atoms with Gasteiger partial charge < -0.3 is 0 Å². The smallest absolute Gasteiger partial charge is 0.0726 e. The monoisotopic (exact) mass is 576 g/mol. The van der Waals surface area contributed by atoms with Gasteiger partial charge >= 0.3 is 0 Å². The number of halogens is 1. The minimum Gasteiger partial charge on any atom is -0.135 e. The van der Waals surface area contributed by atoms with Gasteiger partial charge in [-0.15, -0.1) is 11.3 Å². The van der Waals surface area contributed by atoms with Gasteiger partial charge in [-0.05, 0) is 86.0 Å². The summed E-state index contributed by atoms with van der Waals surface area (Å²) in [5.41, 5.74) is 12.8. The Morgan fingerprint density at radius 3 is 1.72 bits per heavy atom. The van der Waals surface area contributed by atoms with Crippen LogP contribution in [0.4, 0.5) is 0 Å². The van der Waals surface area contributed by atoms with Gasteiger partial charge in [-0.25, -0.2) is 0 Å². The lowest BCUT2D eigenvalue weighted by atomic mass is 9.66. The first-order valence-corrected chi connectivity index (χ1v) is 14.9. The summed E-state index contributed by atoms with van der Waals surface area (Å²) in [6.45, 7) is 0. The third-order valence-corrected chi connectivity index (χ3v) is 10.4. The van der Waals surface area contributed by atoms with Gasteiger partial charge in [-0.3, -0.25) is 0 Å². The van der Waals surface area contributed by atoms with E-state index in [4.69, 9.17) is 0 Å². The Kier molecular flexibility index (Phi) is 4.37. The summed E-state index contributed by atoms with van der Waals surface area (Å²) >= 11 is 5.77. The van der Waals surface area contributed by atoms with Crippen molar-refractivity contribution in [3.8, 4) is 33.4 Å². The standard InChI is InChI=1S/C37H21BrS/c38-22-17-18-27-24-10-2-1-9-23(24)25-11-3-6-14-31(25)37(33(27)19-22)32-15-7-4-12-26(32)29-20-30-28-13-5-8-16-35(28)39-36(30)21-34(29)37/h1-21H. The summed E-state index contributed by atoms with van der Waals surface area (Å²) in [4.78, 5) is 0. The maximum atomic E-state index is 3.87. The Balaban J connectivity index is 1.54. The normalized spacial score (nSPS) is 16.4. The molecule has 2 aliphatic carbocycles. The summed E-state index contributed by atoms with van der Waals surface area (Å²) in [6, 6.07) is 47.7. The maximum absolute atomic E-state index is 3.87. The second-order valence-corrected chi connectivity index (χ2v) is 12.6. The maximum Gasteiger partial charge on any atom is 0.0726 e. The summed E-state index contributed by atoms with van der Waals surface area (Å²) in [7, 11) is 0. The van der Waals surface area contributed by atoms with Crippen molar-refractivity contribution < 1.29 is 0 Å². The molecule has 182 valence electrons. The highest BCUT2D eigenvalue weighted by atomic mass is 79.9. The molecule has 2 aliphatic rings. The highest BCUT2D eigenvalue weighted by Gasteiger charge is 2.50. The number of fused-ring (bicyclic) bond motifs is 15. The average molecular weight is 578 g/mol. The van der Waals surface area contributed by atoms with E-state index < -0.39 is 5.41 Å². The molecule has 6 aromatic carbocycles. The summed E-state index contributed by atoms with van der Waals surface area (Å²) in [6.07, 6.45) is 0. The van der Waals surface area contributed by atoms with Crippen molar-refractivity contribution in [2.75, 3.05) is 0 Å². The van der Waals surface area contributed by atoms with Crippen LogP contribution in [0.3, 0.4) is 0 Å². The molecule has 0 aliphatic heterocycles. The molecule has 0 nitrogen and oxygen atoms in total. The molecule has 0 bridgehead atoms. The largest absolute Gasteiger partial charge is 0.135 e. The van der Waals surface area contributed by atoms with E-state index in [2.05, 4.69) is 143 Å². The third-order valence-electron chi connectivity index (χ3n) is 8.77. The van der Waals surface area contributed by atoms with Crippen molar-refractivity contribution >= 4 is 47.4 Å². The molecule has 0 N–H and O–H groups in total. The predicted molar refractivity (Wildman–Crippen MR) is 169 cm³/mol. The Hall–Kier alpha value is -3.98. The van der Waals surface area contributed by atoms with Crippen molar-refractivity contribution in [2.45, 2.75) is 5.41 Å². The van der Waals surface area contributed by atoms with Crippen LogP contribution in [-0.2, 0) is 5.41 Å². The van der Waals surface area contributed by atoms with Crippen LogP contribution in [-0.4, -0.2) is 0 Å². The van der Waals surface area contributed by atoms with Gasteiger partial charge in [0.1, 0.15) is 0 Å². The molecule has 1 heterocycles. The number of hydrogen-bond donors (Lipinski definition) is 0. The fourth-order valence-corrected chi connectivity index (χ4v) is 8.77. The molecule has 9 rings (SSSR count). The number of thiophene rings is 1. The molecular formula is C37H21BrS. The van der Waals surface area contributed by atoms with E-state index in [1.165, 1.54) is 75.8 Å². The first-order chi connectivity index (χ1) is 19.2. The molecule has 1 atom stereocenters. The molecular weight excluding hydrogens is 556 g/mol. The lowest BCUT2D eigenvalue weighted by Crippen LogP contribution is -2.29. The van der Waals surface area contributed by atoms with Crippen LogP contribution in [0.2, 0.25) is 0 Å². The van der Waals surface area contributed by atoms with E-state index in [9.17, 15) is 0 Å². The molecule has 0 fully saturated rings. The quantitative estimate of drug-likeness (QED) is 0.168. The van der Waals surface area contributed by atoms with Crippen molar-refractivity contribution in [2.24, 2.45) is 0 Å². The summed E-state index contributed by atoms with van der Waals surface area (Å²) < 4.78 is 3.79. The van der Waals surface area contributed by atoms with Crippen LogP contribution < -0.4 is 0 Å². The minimum atomic E-state index is -0.439. The number of rotatable bonds is 0. The predicted octanol–water partition coefficient (Wildman–Crippen LogP) is 10.8. The number of hydrogen-bond acceptors (Lipinski definition) is 1.